The van der Waals surface area contributed by atoms with Gasteiger partial charge in [0.05, 0.1) is 19.0 Å². The molecule has 2 aromatic carbocycles. The predicted octanol–water partition coefficient (Wildman–Crippen LogP) is 3.57. The molecule has 0 aliphatic rings. The Morgan fingerprint density at radius 1 is 1.07 bits per heavy atom. The average Bonchev–Trinajstić information content (AvgIpc) is 2.74. The summed E-state index contributed by atoms with van der Waals surface area (Å²) in [7, 11) is 1.52. The number of ether oxygens (including phenoxy) is 2. The van der Waals surface area contributed by atoms with Crippen LogP contribution in [0.25, 0.3) is 0 Å². The average molecular weight is 403 g/mol. The van der Waals surface area contributed by atoms with Crippen LogP contribution in [0.1, 0.15) is 36.2 Å². The van der Waals surface area contributed by atoms with E-state index in [1.165, 1.54) is 18.9 Å². The number of amides is 2. The summed E-state index contributed by atoms with van der Waals surface area (Å²) >= 11 is 1.50. The van der Waals surface area contributed by atoms with E-state index in [-0.39, 0.29) is 11.2 Å². The van der Waals surface area contributed by atoms with Gasteiger partial charge in [-0.3, -0.25) is 20.4 Å². The quantitative estimate of drug-likeness (QED) is 0.627. The van der Waals surface area contributed by atoms with Gasteiger partial charge >= 0.3 is 0 Å². The fourth-order valence-electron chi connectivity index (χ4n) is 2.30. The molecular weight excluding hydrogens is 376 g/mol. The largest absolute Gasteiger partial charge is 0.493 e. The normalized spacial score (nSPS) is 11.4. The Kier molecular flexibility index (Phi) is 8.68. The lowest BCUT2D eigenvalue weighted by Gasteiger charge is -2.14. The van der Waals surface area contributed by atoms with Gasteiger partial charge in [-0.25, -0.2) is 0 Å². The van der Waals surface area contributed by atoms with Crippen molar-refractivity contribution in [1.29, 1.82) is 0 Å². The van der Waals surface area contributed by atoms with Gasteiger partial charge in [0.25, 0.3) is 11.8 Å². The second-order valence-corrected chi connectivity index (χ2v) is 7.43. The Labute approximate surface area is 170 Å². The lowest BCUT2D eigenvalue weighted by molar-refractivity contribution is -0.121. The number of hydrazine groups is 1. The van der Waals surface area contributed by atoms with Crippen molar-refractivity contribution in [2.45, 2.75) is 31.3 Å². The van der Waals surface area contributed by atoms with Gasteiger partial charge < -0.3 is 9.47 Å². The molecule has 2 aromatic rings. The fourth-order valence-corrected chi connectivity index (χ4v) is 3.15. The molecular formula is C21H26N2O4S. The minimum absolute atomic E-state index is 0.260. The van der Waals surface area contributed by atoms with Crippen molar-refractivity contribution in [3.05, 3.63) is 59.7 Å². The molecule has 0 fully saturated rings. The maximum absolute atomic E-state index is 12.3. The molecule has 1 unspecified atom stereocenters. The van der Waals surface area contributed by atoms with Gasteiger partial charge in [0.15, 0.2) is 11.5 Å². The van der Waals surface area contributed by atoms with Gasteiger partial charge in [-0.2, -0.15) is 0 Å². The number of benzene rings is 2. The summed E-state index contributed by atoms with van der Waals surface area (Å²) in [6, 6.07) is 14.8. The first-order valence-corrected chi connectivity index (χ1v) is 10.2. The van der Waals surface area contributed by atoms with E-state index in [9.17, 15) is 9.59 Å². The third kappa shape index (κ3) is 6.49. The van der Waals surface area contributed by atoms with Crippen LogP contribution < -0.4 is 20.3 Å². The highest BCUT2D eigenvalue weighted by molar-refractivity contribution is 7.99. The molecule has 1 atom stereocenters. The molecule has 0 spiro atoms. The number of hydrogen-bond donors (Lipinski definition) is 2. The van der Waals surface area contributed by atoms with Crippen molar-refractivity contribution in [1.82, 2.24) is 10.9 Å². The van der Waals surface area contributed by atoms with Crippen LogP contribution in [-0.4, -0.2) is 30.8 Å². The third-order valence-corrected chi connectivity index (χ3v) is 5.11. The monoisotopic (exact) mass is 402 g/mol. The summed E-state index contributed by atoms with van der Waals surface area (Å²) in [6.07, 6.45) is 0.873. The number of methoxy groups -OCH3 is 1. The number of rotatable bonds is 9. The van der Waals surface area contributed by atoms with Crippen molar-refractivity contribution in [2.24, 2.45) is 0 Å². The van der Waals surface area contributed by atoms with Crippen molar-refractivity contribution < 1.29 is 19.1 Å². The van der Waals surface area contributed by atoms with E-state index in [4.69, 9.17) is 9.47 Å². The molecule has 0 aromatic heterocycles. The zero-order valence-corrected chi connectivity index (χ0v) is 17.2. The maximum Gasteiger partial charge on any atom is 0.269 e. The molecule has 0 saturated heterocycles. The highest BCUT2D eigenvalue weighted by atomic mass is 32.2. The van der Waals surface area contributed by atoms with E-state index in [2.05, 4.69) is 10.9 Å². The van der Waals surface area contributed by atoms with Crippen molar-refractivity contribution in [2.75, 3.05) is 13.7 Å². The first-order chi connectivity index (χ1) is 13.5. The molecule has 0 aliphatic heterocycles. The molecule has 0 radical (unpaired) electrons. The standard InChI is InChI=1S/C21H26N2O4S/c1-4-12-27-18-11-10-17(13-19(18)26-3)21(25)23-22-20(24)15(2)28-14-16-8-6-5-7-9-16/h5-11,13,15H,4,12,14H2,1-3H3,(H,22,24)(H,23,25). The highest BCUT2D eigenvalue weighted by Crippen LogP contribution is 2.28. The van der Waals surface area contributed by atoms with Crippen LogP contribution in [0.2, 0.25) is 0 Å². The third-order valence-electron chi connectivity index (χ3n) is 3.90. The smallest absolute Gasteiger partial charge is 0.269 e. The van der Waals surface area contributed by atoms with Crippen LogP contribution in [0, 0.1) is 0 Å². The molecule has 0 bridgehead atoms. The van der Waals surface area contributed by atoms with E-state index in [1.807, 2.05) is 37.3 Å². The van der Waals surface area contributed by atoms with Crippen LogP contribution in [0.4, 0.5) is 0 Å². The summed E-state index contributed by atoms with van der Waals surface area (Å²) < 4.78 is 10.9. The second-order valence-electron chi connectivity index (χ2n) is 6.10. The number of carbonyl (C=O) groups excluding carboxylic acids is 2. The zero-order valence-electron chi connectivity index (χ0n) is 16.4. The van der Waals surface area contributed by atoms with Gasteiger partial charge in [-0.15, -0.1) is 11.8 Å². The van der Waals surface area contributed by atoms with Gasteiger partial charge in [-0.1, -0.05) is 37.3 Å². The second kappa shape index (κ2) is 11.2. The van der Waals surface area contributed by atoms with Gasteiger partial charge in [-0.05, 0) is 37.1 Å². The summed E-state index contributed by atoms with van der Waals surface area (Å²) in [5.74, 6) is 1.09. The molecule has 0 aliphatic carbocycles. The summed E-state index contributed by atoms with van der Waals surface area (Å²) in [4.78, 5) is 24.5. The van der Waals surface area contributed by atoms with E-state index in [0.717, 1.165) is 17.7 Å². The maximum atomic E-state index is 12.3. The van der Waals surface area contributed by atoms with Crippen LogP contribution in [-0.2, 0) is 10.5 Å². The minimum atomic E-state index is -0.422. The fraction of sp³-hybridized carbons (Fsp3) is 0.333. The van der Waals surface area contributed by atoms with Crippen LogP contribution in [0.3, 0.4) is 0 Å². The topological polar surface area (TPSA) is 76.7 Å². The molecule has 6 nitrogen and oxygen atoms in total. The molecule has 0 heterocycles. The summed E-state index contributed by atoms with van der Waals surface area (Å²) in [6.45, 7) is 4.38. The molecule has 2 rings (SSSR count). The highest BCUT2D eigenvalue weighted by Gasteiger charge is 2.16. The summed E-state index contributed by atoms with van der Waals surface area (Å²) in [5, 5.41) is -0.306. The Balaban J connectivity index is 1.85. The predicted molar refractivity (Wildman–Crippen MR) is 112 cm³/mol. The number of carbonyl (C=O) groups is 2. The lowest BCUT2D eigenvalue weighted by atomic mass is 10.2. The lowest BCUT2D eigenvalue weighted by Crippen LogP contribution is -2.44. The SMILES string of the molecule is CCCOc1ccc(C(=O)NNC(=O)C(C)SCc2ccccc2)cc1OC. The minimum Gasteiger partial charge on any atom is -0.493 e. The molecule has 0 saturated carbocycles. The molecule has 150 valence electrons. The molecule has 7 heteroatoms. The van der Waals surface area contributed by atoms with E-state index in [1.54, 1.807) is 25.1 Å². The summed E-state index contributed by atoms with van der Waals surface area (Å²) in [5.41, 5.74) is 6.43. The Bertz CT molecular complexity index is 783. The van der Waals surface area contributed by atoms with Crippen molar-refractivity contribution >= 4 is 23.6 Å². The van der Waals surface area contributed by atoms with E-state index < -0.39 is 5.91 Å². The van der Waals surface area contributed by atoms with Gasteiger partial charge in [0, 0.05) is 11.3 Å². The number of nitrogens with one attached hydrogen (secondary N) is 2. The number of hydrogen-bond acceptors (Lipinski definition) is 5. The van der Waals surface area contributed by atoms with Gasteiger partial charge in [0.1, 0.15) is 0 Å². The van der Waals surface area contributed by atoms with Crippen LogP contribution in [0.15, 0.2) is 48.5 Å². The molecule has 2 N–H and O–H groups in total. The Morgan fingerprint density at radius 2 is 1.82 bits per heavy atom. The van der Waals surface area contributed by atoms with E-state index >= 15 is 0 Å². The Hall–Kier alpha value is -2.67. The van der Waals surface area contributed by atoms with E-state index in [0.29, 0.717) is 23.7 Å². The first kappa shape index (κ1) is 21.6. The van der Waals surface area contributed by atoms with Crippen molar-refractivity contribution in [3.63, 3.8) is 0 Å². The molecule has 28 heavy (non-hydrogen) atoms. The van der Waals surface area contributed by atoms with Gasteiger partial charge in [0.2, 0.25) is 0 Å². The van der Waals surface area contributed by atoms with Crippen LogP contribution >= 0.6 is 11.8 Å². The first-order valence-electron chi connectivity index (χ1n) is 9.11. The number of thioether (sulfide) groups is 1. The Morgan fingerprint density at radius 3 is 2.50 bits per heavy atom. The van der Waals surface area contributed by atoms with Crippen molar-refractivity contribution in [3.8, 4) is 11.5 Å². The van der Waals surface area contributed by atoms with Crippen LogP contribution in [0.5, 0.6) is 11.5 Å². The molecule has 2 amide bonds. The zero-order chi connectivity index (χ0) is 20.4.